The van der Waals surface area contributed by atoms with Crippen molar-refractivity contribution in [3.8, 4) is 0 Å². The molecule has 0 spiro atoms. The summed E-state index contributed by atoms with van der Waals surface area (Å²) in [5.41, 5.74) is 1.06. The van der Waals surface area contributed by atoms with Crippen LogP contribution in [0.4, 0.5) is 4.39 Å². The highest BCUT2D eigenvalue weighted by Crippen LogP contribution is 2.20. The second-order valence-electron chi connectivity index (χ2n) is 3.44. The number of rotatable bonds is 3. The Bertz CT molecular complexity index is 521. The SMILES string of the molecule is Cc1sc(Cc2ccccc2F)nc1C=O. The van der Waals surface area contributed by atoms with Crippen LogP contribution in [0.5, 0.6) is 0 Å². The molecular formula is C12H10FNOS. The lowest BCUT2D eigenvalue weighted by molar-refractivity contribution is 0.111. The molecule has 0 radical (unpaired) electrons. The lowest BCUT2D eigenvalue weighted by Crippen LogP contribution is -1.92. The van der Waals surface area contributed by atoms with E-state index in [1.165, 1.54) is 17.4 Å². The molecule has 0 fully saturated rings. The third-order valence-corrected chi connectivity index (χ3v) is 3.27. The Morgan fingerprint density at radius 3 is 2.81 bits per heavy atom. The Morgan fingerprint density at radius 2 is 2.19 bits per heavy atom. The predicted octanol–water partition coefficient (Wildman–Crippen LogP) is 2.99. The first-order valence-corrected chi connectivity index (χ1v) is 5.67. The second-order valence-corrected chi connectivity index (χ2v) is 4.72. The van der Waals surface area contributed by atoms with Crippen LogP contribution in [0.3, 0.4) is 0 Å². The van der Waals surface area contributed by atoms with Gasteiger partial charge in [-0.1, -0.05) is 18.2 Å². The van der Waals surface area contributed by atoms with Gasteiger partial charge in [0.1, 0.15) is 11.5 Å². The summed E-state index contributed by atoms with van der Waals surface area (Å²) in [6.45, 7) is 1.84. The van der Waals surface area contributed by atoms with Crippen LogP contribution in [0, 0.1) is 12.7 Å². The van der Waals surface area contributed by atoms with E-state index in [1.807, 2.05) is 6.92 Å². The average Bonchev–Trinajstić information content (AvgIpc) is 2.62. The average molecular weight is 235 g/mol. The van der Waals surface area contributed by atoms with Crippen LogP contribution in [0.25, 0.3) is 0 Å². The van der Waals surface area contributed by atoms with Crippen molar-refractivity contribution >= 4 is 17.6 Å². The molecule has 0 saturated carbocycles. The normalized spacial score (nSPS) is 10.4. The van der Waals surface area contributed by atoms with Crippen molar-refractivity contribution in [3.63, 3.8) is 0 Å². The van der Waals surface area contributed by atoms with Gasteiger partial charge in [-0.3, -0.25) is 4.79 Å². The van der Waals surface area contributed by atoms with Crippen LogP contribution in [0.2, 0.25) is 0 Å². The minimum absolute atomic E-state index is 0.233. The first kappa shape index (κ1) is 11.0. The molecule has 4 heteroatoms. The van der Waals surface area contributed by atoms with Gasteiger partial charge in [-0.2, -0.15) is 0 Å². The maximum atomic E-state index is 13.4. The molecule has 0 unspecified atom stereocenters. The molecule has 2 rings (SSSR count). The molecule has 1 heterocycles. The number of carbonyl (C=O) groups is 1. The van der Waals surface area contributed by atoms with Crippen molar-refractivity contribution in [1.29, 1.82) is 0 Å². The molecule has 0 amide bonds. The number of nitrogens with zero attached hydrogens (tertiary/aromatic N) is 1. The predicted molar refractivity (Wildman–Crippen MR) is 61.4 cm³/mol. The lowest BCUT2D eigenvalue weighted by Gasteiger charge is -1.98. The van der Waals surface area contributed by atoms with Crippen molar-refractivity contribution in [2.75, 3.05) is 0 Å². The first-order chi connectivity index (χ1) is 7.70. The van der Waals surface area contributed by atoms with Crippen molar-refractivity contribution in [3.05, 3.63) is 51.2 Å². The Labute approximate surface area is 96.8 Å². The second kappa shape index (κ2) is 4.53. The van der Waals surface area contributed by atoms with Crippen molar-refractivity contribution in [2.45, 2.75) is 13.3 Å². The van der Waals surface area contributed by atoms with Crippen LogP contribution in [-0.2, 0) is 6.42 Å². The number of aromatic nitrogens is 1. The lowest BCUT2D eigenvalue weighted by atomic mass is 10.1. The van der Waals surface area contributed by atoms with E-state index >= 15 is 0 Å². The Morgan fingerprint density at radius 1 is 1.44 bits per heavy atom. The van der Waals surface area contributed by atoms with Gasteiger partial charge in [0.2, 0.25) is 0 Å². The number of hydrogen-bond donors (Lipinski definition) is 0. The van der Waals surface area contributed by atoms with Gasteiger partial charge >= 0.3 is 0 Å². The zero-order chi connectivity index (χ0) is 11.5. The molecule has 0 bridgehead atoms. The van der Waals surface area contributed by atoms with E-state index in [4.69, 9.17) is 0 Å². The summed E-state index contributed by atoms with van der Waals surface area (Å²) in [5, 5.41) is 0.768. The maximum Gasteiger partial charge on any atom is 0.169 e. The molecule has 16 heavy (non-hydrogen) atoms. The highest BCUT2D eigenvalue weighted by atomic mass is 32.1. The maximum absolute atomic E-state index is 13.4. The summed E-state index contributed by atoms with van der Waals surface area (Å²) in [7, 11) is 0. The summed E-state index contributed by atoms with van der Waals surface area (Å²) >= 11 is 1.43. The van der Waals surface area contributed by atoms with Gasteiger partial charge in [-0.05, 0) is 18.6 Å². The van der Waals surface area contributed by atoms with Gasteiger partial charge < -0.3 is 0 Å². The molecule has 0 aliphatic heterocycles. The van der Waals surface area contributed by atoms with Crippen LogP contribution in [0.1, 0.15) is 25.9 Å². The molecular weight excluding hydrogens is 225 g/mol. The summed E-state index contributed by atoms with van der Waals surface area (Å²) < 4.78 is 13.4. The number of halogens is 1. The van der Waals surface area contributed by atoms with Gasteiger partial charge in [-0.25, -0.2) is 9.37 Å². The summed E-state index contributed by atoms with van der Waals surface area (Å²) in [4.78, 5) is 15.7. The van der Waals surface area contributed by atoms with E-state index in [9.17, 15) is 9.18 Å². The van der Waals surface area contributed by atoms with Gasteiger partial charge in [-0.15, -0.1) is 11.3 Å². The smallest absolute Gasteiger partial charge is 0.169 e. The Balaban J connectivity index is 2.27. The fourth-order valence-corrected chi connectivity index (χ4v) is 2.38. The van der Waals surface area contributed by atoms with Crippen LogP contribution < -0.4 is 0 Å². The van der Waals surface area contributed by atoms with Gasteiger partial charge in [0.15, 0.2) is 6.29 Å². The quantitative estimate of drug-likeness (QED) is 0.765. The summed E-state index contributed by atoms with van der Waals surface area (Å²) in [6.07, 6.45) is 1.17. The number of aryl methyl sites for hydroxylation is 1. The fraction of sp³-hybridized carbons (Fsp3) is 0.167. The van der Waals surface area contributed by atoms with E-state index in [0.29, 0.717) is 17.7 Å². The standard InChI is InChI=1S/C12H10FNOS/c1-8-11(7-15)14-12(16-8)6-9-4-2-3-5-10(9)13/h2-5,7H,6H2,1H3. The molecule has 1 aromatic carbocycles. The largest absolute Gasteiger partial charge is 0.296 e. The number of benzene rings is 1. The van der Waals surface area contributed by atoms with Gasteiger partial charge in [0.05, 0.1) is 5.01 Å². The molecule has 0 atom stereocenters. The third kappa shape index (κ3) is 2.17. The minimum atomic E-state index is -0.233. The van der Waals surface area contributed by atoms with Crippen LogP contribution >= 0.6 is 11.3 Å². The zero-order valence-corrected chi connectivity index (χ0v) is 9.55. The third-order valence-electron chi connectivity index (χ3n) is 2.29. The van der Waals surface area contributed by atoms with E-state index in [1.54, 1.807) is 18.2 Å². The molecule has 1 aromatic heterocycles. The van der Waals surface area contributed by atoms with Crippen molar-refractivity contribution in [2.24, 2.45) is 0 Å². The Kier molecular flexibility index (Phi) is 3.10. The summed E-state index contributed by atoms with van der Waals surface area (Å²) in [5.74, 6) is -0.233. The van der Waals surface area contributed by atoms with Crippen molar-refractivity contribution in [1.82, 2.24) is 4.98 Å². The number of hydrogen-bond acceptors (Lipinski definition) is 3. The van der Waals surface area contributed by atoms with Gasteiger partial charge in [0.25, 0.3) is 0 Å². The molecule has 0 aliphatic rings. The topological polar surface area (TPSA) is 30.0 Å². The highest BCUT2D eigenvalue weighted by Gasteiger charge is 2.09. The van der Waals surface area contributed by atoms with E-state index in [0.717, 1.165) is 16.2 Å². The fourth-order valence-electron chi connectivity index (χ4n) is 1.45. The first-order valence-electron chi connectivity index (χ1n) is 4.85. The van der Waals surface area contributed by atoms with E-state index in [2.05, 4.69) is 4.98 Å². The molecule has 0 aliphatic carbocycles. The minimum Gasteiger partial charge on any atom is -0.296 e. The van der Waals surface area contributed by atoms with E-state index < -0.39 is 0 Å². The molecule has 82 valence electrons. The number of carbonyl (C=O) groups excluding carboxylic acids is 1. The zero-order valence-electron chi connectivity index (χ0n) is 8.74. The molecule has 0 saturated heterocycles. The molecule has 0 N–H and O–H groups in total. The Hall–Kier alpha value is -1.55. The van der Waals surface area contributed by atoms with Crippen LogP contribution in [-0.4, -0.2) is 11.3 Å². The van der Waals surface area contributed by atoms with Gasteiger partial charge in [0, 0.05) is 11.3 Å². The monoisotopic (exact) mass is 235 g/mol. The highest BCUT2D eigenvalue weighted by molar-refractivity contribution is 7.11. The summed E-state index contributed by atoms with van der Waals surface area (Å²) in [6, 6.07) is 6.60. The number of thiazole rings is 1. The number of aldehydes is 1. The molecule has 2 nitrogen and oxygen atoms in total. The molecule has 2 aromatic rings. The van der Waals surface area contributed by atoms with Crippen LogP contribution in [0.15, 0.2) is 24.3 Å². The van der Waals surface area contributed by atoms with Crippen molar-refractivity contribution < 1.29 is 9.18 Å². The van der Waals surface area contributed by atoms with E-state index in [-0.39, 0.29) is 5.82 Å².